The predicted octanol–water partition coefficient (Wildman–Crippen LogP) is 3.67. The van der Waals surface area contributed by atoms with Crippen LogP contribution in [-0.4, -0.2) is 34.5 Å². The van der Waals surface area contributed by atoms with Gasteiger partial charge >= 0.3 is 0 Å². The number of carbonyl (C=O) groups excluding carboxylic acids is 1. The lowest BCUT2D eigenvalue weighted by Crippen LogP contribution is -2.38. The number of aryl methyl sites for hydroxylation is 2. The number of carbonyl (C=O) groups is 1. The largest absolute Gasteiger partial charge is 0.381 e. The molecule has 0 atom stereocenters. The Bertz CT molecular complexity index is 730. The van der Waals surface area contributed by atoms with Gasteiger partial charge in [0.05, 0.1) is 5.56 Å². The van der Waals surface area contributed by atoms with Gasteiger partial charge in [0, 0.05) is 36.8 Å². The molecule has 0 bridgehead atoms. The number of rotatable bonds is 6. The van der Waals surface area contributed by atoms with E-state index in [1.807, 2.05) is 36.6 Å². The van der Waals surface area contributed by atoms with Crippen molar-refractivity contribution in [2.24, 2.45) is 5.92 Å². The van der Waals surface area contributed by atoms with E-state index in [9.17, 15) is 4.79 Å². The van der Waals surface area contributed by atoms with Crippen molar-refractivity contribution in [3.05, 3.63) is 35.3 Å². The van der Waals surface area contributed by atoms with E-state index >= 15 is 0 Å². The van der Waals surface area contributed by atoms with E-state index in [2.05, 4.69) is 17.2 Å². The average molecular weight is 343 g/mol. The Hall–Kier alpha value is -1.88. The lowest BCUT2D eigenvalue weighted by Gasteiger charge is -2.28. The Labute approximate surface area is 149 Å². The summed E-state index contributed by atoms with van der Waals surface area (Å²) in [5, 5.41) is 3.21. The summed E-state index contributed by atoms with van der Waals surface area (Å²) in [7, 11) is 0. The topological polar surface area (TPSA) is 55.6 Å². The fraction of sp³-hybridized carbons (Fsp3) is 0.600. The minimum Gasteiger partial charge on any atom is -0.381 e. The van der Waals surface area contributed by atoms with Crippen LogP contribution in [0.5, 0.6) is 0 Å². The molecule has 1 aliphatic carbocycles. The minimum absolute atomic E-state index is 0.00863. The van der Waals surface area contributed by atoms with Crippen LogP contribution in [0.4, 0.5) is 0 Å². The highest BCUT2D eigenvalue weighted by Crippen LogP contribution is 2.25. The van der Waals surface area contributed by atoms with Crippen LogP contribution in [0.3, 0.4) is 0 Å². The SMILES string of the molecule is CCCOCC1CCC(NC(=O)c2ccn3c(C)cc(C)nc23)CC1. The summed E-state index contributed by atoms with van der Waals surface area (Å²) in [5.41, 5.74) is 3.44. The normalized spacial score (nSPS) is 20.8. The maximum absolute atomic E-state index is 12.7. The van der Waals surface area contributed by atoms with Gasteiger partial charge in [-0.1, -0.05) is 6.92 Å². The molecule has 2 heterocycles. The third-order valence-electron chi connectivity index (χ3n) is 5.07. The van der Waals surface area contributed by atoms with Crippen LogP contribution in [0, 0.1) is 19.8 Å². The molecular formula is C20H29N3O2. The molecule has 1 aliphatic rings. The first-order valence-corrected chi connectivity index (χ1v) is 9.42. The van der Waals surface area contributed by atoms with Crippen molar-refractivity contribution in [3.63, 3.8) is 0 Å². The number of nitrogens with zero attached hydrogens (tertiary/aromatic N) is 2. The Morgan fingerprint density at radius 1 is 1.32 bits per heavy atom. The van der Waals surface area contributed by atoms with E-state index in [1.165, 1.54) is 0 Å². The van der Waals surface area contributed by atoms with E-state index in [0.29, 0.717) is 11.5 Å². The van der Waals surface area contributed by atoms with E-state index in [-0.39, 0.29) is 11.9 Å². The van der Waals surface area contributed by atoms with Crippen LogP contribution in [0.25, 0.3) is 5.65 Å². The number of ether oxygens (including phenoxy) is 1. The summed E-state index contributed by atoms with van der Waals surface area (Å²) < 4.78 is 7.65. The van der Waals surface area contributed by atoms with Crippen LogP contribution < -0.4 is 5.32 Å². The first-order chi connectivity index (χ1) is 12.1. The maximum Gasteiger partial charge on any atom is 0.255 e. The van der Waals surface area contributed by atoms with Crippen molar-refractivity contribution >= 4 is 11.6 Å². The highest BCUT2D eigenvalue weighted by molar-refractivity contribution is 6.00. The van der Waals surface area contributed by atoms with Gasteiger partial charge < -0.3 is 14.5 Å². The Morgan fingerprint density at radius 2 is 2.08 bits per heavy atom. The lowest BCUT2D eigenvalue weighted by molar-refractivity contribution is 0.0774. The van der Waals surface area contributed by atoms with Crippen LogP contribution in [-0.2, 0) is 4.74 Å². The van der Waals surface area contributed by atoms with Crippen molar-refractivity contribution < 1.29 is 9.53 Å². The van der Waals surface area contributed by atoms with Crippen molar-refractivity contribution in [2.45, 2.75) is 58.9 Å². The Morgan fingerprint density at radius 3 is 2.80 bits per heavy atom. The third kappa shape index (κ3) is 4.21. The van der Waals surface area contributed by atoms with Crippen molar-refractivity contribution in [3.8, 4) is 0 Å². The fourth-order valence-corrected chi connectivity index (χ4v) is 3.70. The summed E-state index contributed by atoms with van der Waals surface area (Å²) in [6.45, 7) is 7.84. The van der Waals surface area contributed by atoms with Crippen LogP contribution in [0.1, 0.15) is 60.8 Å². The van der Waals surface area contributed by atoms with Crippen molar-refractivity contribution in [1.82, 2.24) is 14.7 Å². The lowest BCUT2D eigenvalue weighted by atomic mass is 9.86. The van der Waals surface area contributed by atoms with Crippen LogP contribution >= 0.6 is 0 Å². The molecule has 1 saturated carbocycles. The number of nitrogens with one attached hydrogen (secondary N) is 1. The highest BCUT2D eigenvalue weighted by atomic mass is 16.5. The zero-order chi connectivity index (χ0) is 17.8. The second kappa shape index (κ2) is 8.00. The summed E-state index contributed by atoms with van der Waals surface area (Å²) in [5.74, 6) is 0.632. The second-order valence-electron chi connectivity index (χ2n) is 7.23. The van der Waals surface area contributed by atoms with Crippen LogP contribution in [0.15, 0.2) is 18.3 Å². The number of amides is 1. The molecular weight excluding hydrogens is 314 g/mol. The first-order valence-electron chi connectivity index (χ1n) is 9.42. The average Bonchev–Trinajstić information content (AvgIpc) is 3.01. The minimum atomic E-state index is -0.00863. The van der Waals surface area contributed by atoms with E-state index in [0.717, 1.165) is 62.4 Å². The molecule has 25 heavy (non-hydrogen) atoms. The van der Waals surface area contributed by atoms with Gasteiger partial charge in [-0.05, 0) is 64.0 Å². The molecule has 0 unspecified atom stereocenters. The van der Waals surface area contributed by atoms with Gasteiger partial charge in [-0.25, -0.2) is 4.98 Å². The molecule has 5 heteroatoms. The fourth-order valence-electron chi connectivity index (χ4n) is 3.70. The van der Waals surface area contributed by atoms with Gasteiger partial charge in [0.2, 0.25) is 0 Å². The molecule has 5 nitrogen and oxygen atoms in total. The molecule has 1 amide bonds. The molecule has 2 aromatic rings. The van der Waals surface area contributed by atoms with Gasteiger partial charge in [-0.3, -0.25) is 4.79 Å². The smallest absolute Gasteiger partial charge is 0.255 e. The molecule has 1 fully saturated rings. The zero-order valence-corrected chi connectivity index (χ0v) is 15.5. The second-order valence-corrected chi connectivity index (χ2v) is 7.23. The van der Waals surface area contributed by atoms with Crippen LogP contribution in [0.2, 0.25) is 0 Å². The summed E-state index contributed by atoms with van der Waals surface area (Å²) >= 11 is 0. The summed E-state index contributed by atoms with van der Waals surface area (Å²) in [6, 6.07) is 4.15. The molecule has 3 rings (SSSR count). The zero-order valence-electron chi connectivity index (χ0n) is 15.5. The van der Waals surface area contributed by atoms with E-state index < -0.39 is 0 Å². The molecule has 2 aromatic heterocycles. The van der Waals surface area contributed by atoms with E-state index in [4.69, 9.17) is 4.74 Å². The number of aromatic nitrogens is 2. The Balaban J connectivity index is 1.59. The van der Waals surface area contributed by atoms with Gasteiger partial charge in [0.15, 0.2) is 0 Å². The molecule has 0 radical (unpaired) electrons. The van der Waals surface area contributed by atoms with E-state index in [1.54, 1.807) is 0 Å². The first kappa shape index (κ1) is 17.9. The summed E-state index contributed by atoms with van der Waals surface area (Å²) in [4.78, 5) is 17.3. The van der Waals surface area contributed by atoms with Gasteiger partial charge in [0.1, 0.15) is 5.65 Å². The summed E-state index contributed by atoms with van der Waals surface area (Å²) in [6.07, 6.45) is 7.31. The highest BCUT2D eigenvalue weighted by Gasteiger charge is 2.24. The quantitative estimate of drug-likeness (QED) is 0.814. The standard InChI is InChI=1S/C20H29N3O2/c1-4-11-25-13-16-5-7-17(8-6-16)22-20(24)18-9-10-23-15(3)12-14(2)21-19(18)23/h9-10,12,16-17H,4-8,11,13H2,1-3H3,(H,22,24). The van der Waals surface area contributed by atoms with Gasteiger partial charge in [-0.2, -0.15) is 0 Å². The van der Waals surface area contributed by atoms with Gasteiger partial charge in [-0.15, -0.1) is 0 Å². The number of fused-ring (bicyclic) bond motifs is 1. The Kier molecular flexibility index (Phi) is 5.74. The molecule has 0 aromatic carbocycles. The third-order valence-corrected chi connectivity index (χ3v) is 5.07. The molecule has 136 valence electrons. The molecule has 0 spiro atoms. The number of hydrogen-bond donors (Lipinski definition) is 1. The molecule has 1 N–H and O–H groups in total. The van der Waals surface area contributed by atoms with Crippen molar-refractivity contribution in [1.29, 1.82) is 0 Å². The maximum atomic E-state index is 12.7. The number of hydrogen-bond acceptors (Lipinski definition) is 3. The van der Waals surface area contributed by atoms with Gasteiger partial charge in [0.25, 0.3) is 5.91 Å². The predicted molar refractivity (Wildman–Crippen MR) is 99.0 cm³/mol. The molecule has 0 saturated heterocycles. The van der Waals surface area contributed by atoms with Crippen molar-refractivity contribution in [2.75, 3.05) is 13.2 Å². The monoisotopic (exact) mass is 343 g/mol. The molecule has 0 aliphatic heterocycles.